The fourth-order valence-electron chi connectivity index (χ4n) is 7.91. The molecule has 0 spiro atoms. The molecular weight excluding hydrogens is 828 g/mol. The molecule has 4 amide bonds. The van der Waals surface area contributed by atoms with Crippen molar-refractivity contribution in [3.8, 4) is 29.8 Å². The lowest BCUT2D eigenvalue weighted by Crippen LogP contribution is -2.30. The van der Waals surface area contributed by atoms with E-state index in [9.17, 15) is 19.2 Å². The molecule has 64 heavy (non-hydrogen) atoms. The number of hydrogen-bond donors (Lipinski definition) is 1. The van der Waals surface area contributed by atoms with Gasteiger partial charge in [-0.05, 0) is 98.7 Å². The van der Waals surface area contributed by atoms with Crippen molar-refractivity contribution in [3.05, 3.63) is 129 Å². The van der Waals surface area contributed by atoms with Crippen molar-refractivity contribution in [1.29, 1.82) is 5.26 Å². The van der Waals surface area contributed by atoms with Gasteiger partial charge in [0, 0.05) is 68.3 Å². The first-order valence-corrected chi connectivity index (χ1v) is 21.7. The van der Waals surface area contributed by atoms with Crippen molar-refractivity contribution in [2.75, 3.05) is 54.4 Å². The van der Waals surface area contributed by atoms with E-state index in [-0.39, 0.29) is 33.2 Å². The first-order chi connectivity index (χ1) is 31.3. The molecule has 0 atom stereocenters. The Hall–Kier alpha value is -7.60. The SMILES string of the molecule is N#Cc1ccc(Nc2ncc(C#CCCCN3C(=O)c4ccccc4C3=O)c(N3CCCC3)n2)cc1.O=C1c2ccccc2C(=O)N1CCCC#Cc1cnc(Cl)nc1N1CCCC1.[HH].[HH].[HH]. The highest BCUT2D eigenvalue weighted by Gasteiger charge is 2.35. The first kappa shape index (κ1) is 43.1. The van der Waals surface area contributed by atoms with Gasteiger partial charge in [-0.2, -0.15) is 15.2 Å². The molecule has 2 aromatic heterocycles. The molecule has 5 aromatic rings. The molecule has 2 saturated heterocycles. The van der Waals surface area contributed by atoms with Crippen molar-refractivity contribution in [1.82, 2.24) is 29.7 Å². The molecule has 3 aromatic carbocycles. The molecule has 326 valence electrons. The third kappa shape index (κ3) is 9.71. The van der Waals surface area contributed by atoms with E-state index in [0.29, 0.717) is 72.5 Å². The summed E-state index contributed by atoms with van der Waals surface area (Å²) in [5.41, 5.74) is 4.79. The summed E-state index contributed by atoms with van der Waals surface area (Å²) in [7, 11) is 0. The third-order valence-corrected chi connectivity index (χ3v) is 11.3. The Bertz CT molecular complexity index is 2720. The van der Waals surface area contributed by atoms with E-state index in [0.717, 1.165) is 80.3 Å². The predicted molar refractivity (Wildman–Crippen MR) is 249 cm³/mol. The fourth-order valence-corrected chi connectivity index (χ4v) is 8.04. The zero-order valence-corrected chi connectivity index (χ0v) is 35.8. The van der Waals surface area contributed by atoms with Gasteiger partial charge in [0.05, 0.1) is 51.2 Å². The summed E-state index contributed by atoms with van der Waals surface area (Å²) in [4.78, 5) is 74.3. The van der Waals surface area contributed by atoms with Gasteiger partial charge in [0.25, 0.3) is 23.6 Å². The molecule has 4 aliphatic heterocycles. The van der Waals surface area contributed by atoms with Crippen LogP contribution in [-0.2, 0) is 0 Å². The number of halogens is 1. The highest BCUT2D eigenvalue weighted by atomic mass is 35.5. The molecule has 9 rings (SSSR count). The van der Waals surface area contributed by atoms with Gasteiger partial charge in [0.1, 0.15) is 11.6 Å². The van der Waals surface area contributed by atoms with Gasteiger partial charge in [-0.1, -0.05) is 47.9 Å². The van der Waals surface area contributed by atoms with Gasteiger partial charge >= 0.3 is 0 Å². The van der Waals surface area contributed by atoms with E-state index in [4.69, 9.17) is 21.8 Å². The first-order valence-electron chi connectivity index (χ1n) is 21.3. The summed E-state index contributed by atoms with van der Waals surface area (Å²) in [6, 6.07) is 23.1. The monoisotopic (exact) mass is 876 g/mol. The topological polar surface area (TPSA) is 169 Å². The third-order valence-electron chi connectivity index (χ3n) is 11.2. The van der Waals surface area contributed by atoms with Crippen LogP contribution < -0.4 is 15.1 Å². The molecule has 0 aliphatic carbocycles. The quantitative estimate of drug-likeness (QED) is 0.0622. The maximum absolute atomic E-state index is 12.5. The van der Waals surface area contributed by atoms with Gasteiger partial charge in [0.2, 0.25) is 11.2 Å². The number of imide groups is 2. The second-order valence-electron chi connectivity index (χ2n) is 15.4. The van der Waals surface area contributed by atoms with Gasteiger partial charge < -0.3 is 15.1 Å². The lowest BCUT2D eigenvalue weighted by Gasteiger charge is -2.18. The molecule has 14 nitrogen and oxygen atoms in total. The van der Waals surface area contributed by atoms with Crippen LogP contribution in [0.5, 0.6) is 0 Å². The van der Waals surface area contributed by atoms with Crippen molar-refractivity contribution < 1.29 is 23.5 Å². The van der Waals surface area contributed by atoms with Crippen molar-refractivity contribution in [3.63, 3.8) is 0 Å². The van der Waals surface area contributed by atoms with E-state index < -0.39 is 0 Å². The van der Waals surface area contributed by atoms with Crippen LogP contribution in [0.4, 0.5) is 23.3 Å². The van der Waals surface area contributed by atoms with E-state index >= 15 is 0 Å². The minimum absolute atomic E-state index is 0. The fraction of sp³-hybridized carbons (Fsp3) is 0.286. The van der Waals surface area contributed by atoms with Crippen LogP contribution >= 0.6 is 11.6 Å². The second kappa shape index (κ2) is 20.1. The molecule has 6 heterocycles. The largest absolute Gasteiger partial charge is 0.355 e. The molecular formula is C49H49ClN10O4. The number of carbonyl (C=O) groups excluding carboxylic acids is 4. The van der Waals surface area contributed by atoms with Crippen LogP contribution in [0.15, 0.2) is 85.2 Å². The number of carbonyl (C=O) groups is 4. The number of fused-ring (bicyclic) bond motifs is 2. The molecule has 0 bridgehead atoms. The smallest absolute Gasteiger partial charge is 0.261 e. The Kier molecular flexibility index (Phi) is 13.5. The van der Waals surface area contributed by atoms with Crippen molar-refractivity contribution >= 4 is 58.5 Å². The maximum atomic E-state index is 12.5. The lowest BCUT2D eigenvalue weighted by atomic mass is 10.1. The number of nitrogens with zero attached hydrogens (tertiary/aromatic N) is 9. The molecule has 4 aliphatic rings. The number of aromatic nitrogens is 4. The summed E-state index contributed by atoms with van der Waals surface area (Å²) in [5.74, 6) is 13.7. The van der Waals surface area contributed by atoms with E-state index in [1.54, 1.807) is 73.1 Å². The van der Waals surface area contributed by atoms with Crippen LogP contribution in [0.1, 0.15) is 114 Å². The van der Waals surface area contributed by atoms with Gasteiger partial charge in [-0.3, -0.25) is 29.0 Å². The second-order valence-corrected chi connectivity index (χ2v) is 15.8. The number of hydrogen-bond acceptors (Lipinski definition) is 12. The van der Waals surface area contributed by atoms with Gasteiger partial charge in [0.15, 0.2) is 0 Å². The summed E-state index contributed by atoms with van der Waals surface area (Å²) >= 11 is 5.95. The average molecular weight is 877 g/mol. The number of unbranched alkanes of at least 4 members (excludes halogenated alkanes) is 2. The Labute approximate surface area is 380 Å². The Morgan fingerprint density at radius 2 is 1.05 bits per heavy atom. The number of rotatable bonds is 10. The number of nitrogens with one attached hydrogen (secondary N) is 1. The van der Waals surface area contributed by atoms with Crippen molar-refractivity contribution in [2.45, 2.75) is 51.4 Å². The van der Waals surface area contributed by atoms with Crippen LogP contribution in [0.3, 0.4) is 0 Å². The van der Waals surface area contributed by atoms with Gasteiger partial charge in [-0.25, -0.2) is 9.97 Å². The Morgan fingerprint density at radius 3 is 1.50 bits per heavy atom. The Balaban J connectivity index is 0.000000247. The molecule has 0 radical (unpaired) electrons. The minimum Gasteiger partial charge on any atom is -0.355 e. The molecule has 2 fully saturated rings. The van der Waals surface area contributed by atoms with Crippen LogP contribution in [-0.4, -0.2) is 92.6 Å². The predicted octanol–water partition coefficient (Wildman–Crippen LogP) is 8.02. The summed E-state index contributed by atoms with van der Waals surface area (Å²) in [6.07, 6.45) is 10.2. The minimum atomic E-state index is -0.237. The molecule has 0 unspecified atom stereocenters. The normalized spacial score (nSPS) is 14.9. The lowest BCUT2D eigenvalue weighted by molar-refractivity contribution is 0.0637. The number of amides is 4. The summed E-state index contributed by atoms with van der Waals surface area (Å²) < 4.78 is 0. The highest BCUT2D eigenvalue weighted by Crippen LogP contribution is 2.27. The summed E-state index contributed by atoms with van der Waals surface area (Å²) in [5, 5.41) is 12.4. The van der Waals surface area contributed by atoms with Crippen LogP contribution in [0, 0.1) is 35.0 Å². The van der Waals surface area contributed by atoms with E-state index in [1.807, 2.05) is 12.1 Å². The highest BCUT2D eigenvalue weighted by molar-refractivity contribution is 6.28. The number of benzene rings is 3. The molecule has 15 heteroatoms. The molecule has 1 N–H and O–H groups in total. The van der Waals surface area contributed by atoms with E-state index in [2.05, 4.69) is 59.8 Å². The van der Waals surface area contributed by atoms with Gasteiger partial charge in [-0.15, -0.1) is 0 Å². The van der Waals surface area contributed by atoms with E-state index in [1.165, 1.54) is 9.80 Å². The Morgan fingerprint density at radius 1 is 0.609 bits per heavy atom. The molecule has 0 saturated carbocycles. The summed E-state index contributed by atoms with van der Waals surface area (Å²) in [6.45, 7) is 4.42. The number of nitriles is 1. The average Bonchev–Trinajstić information content (AvgIpc) is 4.15. The maximum Gasteiger partial charge on any atom is 0.261 e. The van der Waals surface area contributed by atoms with Crippen LogP contribution in [0.25, 0.3) is 0 Å². The zero-order valence-electron chi connectivity index (χ0n) is 35.0. The standard InChI is InChI=1S/C28H24N6O2.C21H19ClN4O2.3H2/c29-18-20-11-13-22(14-12-20)31-28-30-19-21(25(32-28)33-15-6-7-16-33)8-2-1-5-17-34-26(35)23-9-3-4-10-24(23)27(34)36;22-21-23-14-15(18(24-21)25-11-6-7-12-25)8-2-1-5-13-26-19(27)16-9-3-4-10-17(16)20(26)28;;;/h3-4,9-14,19H,1,5-7,15-17H2,(H,30,31,32);3-4,9-10,14H,1,5-7,11-13H2;3*1H. The van der Waals surface area contributed by atoms with Crippen molar-refractivity contribution in [2.24, 2.45) is 0 Å². The zero-order chi connectivity index (χ0) is 44.4. The number of anilines is 4. The van der Waals surface area contributed by atoms with Crippen LogP contribution in [0.2, 0.25) is 5.28 Å².